The zero-order valence-electron chi connectivity index (χ0n) is 9.92. The Labute approximate surface area is 101 Å². The molecule has 2 nitrogen and oxygen atoms in total. The Morgan fingerprint density at radius 1 is 1.29 bits per heavy atom. The van der Waals surface area contributed by atoms with Crippen molar-refractivity contribution in [1.29, 1.82) is 0 Å². The van der Waals surface area contributed by atoms with E-state index in [9.17, 15) is 8.78 Å². The van der Waals surface area contributed by atoms with Crippen LogP contribution in [0.1, 0.15) is 30.5 Å². The van der Waals surface area contributed by atoms with E-state index in [-0.39, 0.29) is 11.6 Å². The summed E-state index contributed by atoms with van der Waals surface area (Å²) in [5.74, 6) is 0. The molecule has 0 fully saturated rings. The minimum absolute atomic E-state index is 0.0292. The van der Waals surface area contributed by atoms with Crippen LogP contribution in [0.3, 0.4) is 0 Å². The van der Waals surface area contributed by atoms with Gasteiger partial charge in [-0.3, -0.25) is 0 Å². The number of hydrogen-bond acceptors (Lipinski definition) is 2. The highest BCUT2D eigenvalue weighted by atomic mass is 19.3. The Morgan fingerprint density at radius 3 is 2.24 bits per heavy atom. The number of halogens is 2. The van der Waals surface area contributed by atoms with E-state index in [1.807, 2.05) is 6.92 Å². The first-order valence-corrected chi connectivity index (χ1v) is 5.50. The van der Waals surface area contributed by atoms with Crippen molar-refractivity contribution in [1.82, 2.24) is 5.32 Å². The van der Waals surface area contributed by atoms with Crippen LogP contribution < -0.4 is 11.1 Å². The quantitative estimate of drug-likeness (QED) is 0.750. The fraction of sp³-hybridized carbons (Fsp3) is 0.385. The van der Waals surface area contributed by atoms with Gasteiger partial charge in [0.15, 0.2) is 0 Å². The summed E-state index contributed by atoms with van der Waals surface area (Å²) in [6, 6.07) is 6.21. The molecular formula is C13H18F2N2. The maximum absolute atomic E-state index is 12.4. The van der Waals surface area contributed by atoms with Crippen LogP contribution in [-0.4, -0.2) is 13.1 Å². The molecule has 0 radical (unpaired) electrons. The molecule has 0 bridgehead atoms. The van der Waals surface area contributed by atoms with Crippen LogP contribution in [0.25, 0.3) is 0 Å². The number of benzene rings is 1. The lowest BCUT2D eigenvalue weighted by Crippen LogP contribution is -2.29. The van der Waals surface area contributed by atoms with Crippen LogP contribution in [0.2, 0.25) is 0 Å². The molecule has 3 N–H and O–H groups in total. The van der Waals surface area contributed by atoms with E-state index in [0.717, 1.165) is 11.1 Å². The van der Waals surface area contributed by atoms with Crippen molar-refractivity contribution < 1.29 is 8.78 Å². The monoisotopic (exact) mass is 240 g/mol. The summed E-state index contributed by atoms with van der Waals surface area (Å²) >= 11 is 0. The van der Waals surface area contributed by atoms with Crippen LogP contribution in [-0.2, 0) is 0 Å². The zero-order chi connectivity index (χ0) is 12.8. The smallest absolute Gasteiger partial charge is 0.263 e. The molecule has 0 aliphatic rings. The van der Waals surface area contributed by atoms with E-state index >= 15 is 0 Å². The second-order valence-corrected chi connectivity index (χ2v) is 4.09. The van der Waals surface area contributed by atoms with E-state index in [4.69, 9.17) is 5.73 Å². The summed E-state index contributed by atoms with van der Waals surface area (Å²) in [5.41, 5.74) is 7.60. The molecule has 1 unspecified atom stereocenters. The van der Waals surface area contributed by atoms with Crippen molar-refractivity contribution in [3.05, 3.63) is 47.5 Å². The van der Waals surface area contributed by atoms with Gasteiger partial charge in [0, 0.05) is 24.7 Å². The lowest BCUT2D eigenvalue weighted by molar-refractivity contribution is 0.151. The molecule has 0 aliphatic heterocycles. The summed E-state index contributed by atoms with van der Waals surface area (Å²) in [7, 11) is 0. The SMILES string of the molecule is C=C(C)CNC(CN)c1ccc(C(F)F)cc1. The molecular weight excluding hydrogens is 222 g/mol. The Balaban J connectivity index is 2.71. The number of nitrogens with one attached hydrogen (secondary N) is 1. The maximum Gasteiger partial charge on any atom is 0.263 e. The zero-order valence-corrected chi connectivity index (χ0v) is 9.92. The second-order valence-electron chi connectivity index (χ2n) is 4.09. The van der Waals surface area contributed by atoms with Crippen molar-refractivity contribution in [2.45, 2.75) is 19.4 Å². The first kappa shape index (κ1) is 13.8. The van der Waals surface area contributed by atoms with Gasteiger partial charge in [0.2, 0.25) is 0 Å². The van der Waals surface area contributed by atoms with Gasteiger partial charge in [0.05, 0.1) is 0 Å². The van der Waals surface area contributed by atoms with Gasteiger partial charge in [-0.15, -0.1) is 0 Å². The van der Waals surface area contributed by atoms with Crippen LogP contribution >= 0.6 is 0 Å². The van der Waals surface area contributed by atoms with Crippen molar-refractivity contribution in [3.8, 4) is 0 Å². The molecule has 1 atom stereocenters. The molecule has 1 rings (SSSR count). The van der Waals surface area contributed by atoms with Gasteiger partial charge < -0.3 is 11.1 Å². The van der Waals surface area contributed by atoms with Crippen LogP contribution in [0, 0.1) is 0 Å². The molecule has 4 heteroatoms. The van der Waals surface area contributed by atoms with Gasteiger partial charge in [0.1, 0.15) is 0 Å². The predicted molar refractivity (Wildman–Crippen MR) is 66.0 cm³/mol. The van der Waals surface area contributed by atoms with Crippen LogP contribution in [0.5, 0.6) is 0 Å². The van der Waals surface area contributed by atoms with E-state index in [1.54, 1.807) is 12.1 Å². The molecule has 0 saturated carbocycles. The van der Waals surface area contributed by atoms with Gasteiger partial charge in [-0.25, -0.2) is 8.78 Å². The average molecular weight is 240 g/mol. The molecule has 0 saturated heterocycles. The van der Waals surface area contributed by atoms with E-state index < -0.39 is 6.43 Å². The summed E-state index contributed by atoms with van der Waals surface area (Å²) in [4.78, 5) is 0. The second kappa shape index (κ2) is 6.47. The molecule has 0 aromatic heterocycles. The van der Waals surface area contributed by atoms with Gasteiger partial charge in [-0.05, 0) is 12.5 Å². The van der Waals surface area contributed by atoms with Crippen molar-refractivity contribution in [2.24, 2.45) is 5.73 Å². The summed E-state index contributed by atoms with van der Waals surface area (Å²) in [5, 5.41) is 3.22. The Kier molecular flexibility index (Phi) is 5.25. The highest BCUT2D eigenvalue weighted by Crippen LogP contribution is 2.21. The normalized spacial score (nSPS) is 12.8. The number of nitrogens with two attached hydrogens (primary N) is 1. The molecule has 1 aromatic carbocycles. The molecule has 0 amide bonds. The van der Waals surface area contributed by atoms with Crippen molar-refractivity contribution in [3.63, 3.8) is 0 Å². The number of alkyl halides is 2. The predicted octanol–water partition coefficient (Wildman–Crippen LogP) is 2.79. The molecule has 0 aliphatic carbocycles. The lowest BCUT2D eigenvalue weighted by atomic mass is 10.0. The highest BCUT2D eigenvalue weighted by Gasteiger charge is 2.11. The van der Waals surface area contributed by atoms with Crippen LogP contribution in [0.4, 0.5) is 8.78 Å². The minimum Gasteiger partial charge on any atom is -0.329 e. The molecule has 17 heavy (non-hydrogen) atoms. The summed E-state index contributed by atoms with van der Waals surface area (Å²) < 4.78 is 24.8. The van der Waals surface area contributed by atoms with Gasteiger partial charge in [-0.2, -0.15) is 0 Å². The number of hydrogen-bond donors (Lipinski definition) is 2. The van der Waals surface area contributed by atoms with Crippen LogP contribution in [0.15, 0.2) is 36.4 Å². The topological polar surface area (TPSA) is 38.0 Å². The highest BCUT2D eigenvalue weighted by molar-refractivity contribution is 5.26. The maximum atomic E-state index is 12.4. The van der Waals surface area contributed by atoms with Gasteiger partial charge >= 0.3 is 0 Å². The fourth-order valence-corrected chi connectivity index (χ4v) is 1.51. The van der Waals surface area contributed by atoms with E-state index in [0.29, 0.717) is 13.1 Å². The first-order valence-electron chi connectivity index (χ1n) is 5.50. The molecule has 0 spiro atoms. The van der Waals surface area contributed by atoms with Gasteiger partial charge in [-0.1, -0.05) is 36.4 Å². The van der Waals surface area contributed by atoms with Crippen molar-refractivity contribution >= 4 is 0 Å². The Hall–Kier alpha value is -1.26. The molecule has 0 heterocycles. The summed E-state index contributed by atoms with van der Waals surface area (Å²) in [6.45, 7) is 6.79. The first-order chi connectivity index (χ1) is 8.04. The molecule has 94 valence electrons. The standard InChI is InChI=1S/C13H18F2N2/c1-9(2)8-17-12(7-16)10-3-5-11(6-4-10)13(14)15/h3-6,12-13,17H,1,7-8,16H2,2H3. The third-order valence-corrected chi connectivity index (χ3v) is 2.48. The minimum atomic E-state index is -2.43. The molecule has 1 aromatic rings. The largest absolute Gasteiger partial charge is 0.329 e. The lowest BCUT2D eigenvalue weighted by Gasteiger charge is -2.17. The Bertz CT molecular complexity index is 360. The van der Waals surface area contributed by atoms with Crippen molar-refractivity contribution in [2.75, 3.05) is 13.1 Å². The van der Waals surface area contributed by atoms with E-state index in [2.05, 4.69) is 11.9 Å². The third-order valence-electron chi connectivity index (χ3n) is 2.48. The van der Waals surface area contributed by atoms with E-state index in [1.165, 1.54) is 12.1 Å². The Morgan fingerprint density at radius 2 is 1.82 bits per heavy atom. The average Bonchev–Trinajstić information content (AvgIpc) is 2.30. The summed E-state index contributed by atoms with van der Waals surface area (Å²) in [6.07, 6.45) is -2.43. The fourth-order valence-electron chi connectivity index (χ4n) is 1.51. The third kappa shape index (κ3) is 4.24. The number of rotatable bonds is 6. The van der Waals surface area contributed by atoms with Gasteiger partial charge in [0.25, 0.3) is 6.43 Å².